The molecule has 0 fully saturated rings. The highest BCUT2D eigenvalue weighted by atomic mass is 32.2. The molecule has 62 heavy (non-hydrogen) atoms. The standard InChI is InChI=1S/C52H34O2S8/c1-5-21-39-35(17-1)55-43-25-9-13-31(49(43)59-39)47(32-14-10-26-44-50(32)60-40-22-6-2-18-36(40)56-44)53-29-30-54-48(33-15-11-27-45-51(33)61-41-23-7-3-19-37(41)57-45)34-16-12-28-46-52(34)62-42-24-8-4-20-38(42)58-46/h1-28,47-48H,29-30H2. The van der Waals surface area contributed by atoms with Gasteiger partial charge in [0.05, 0.1) is 13.2 Å². The second-order valence-electron chi connectivity index (χ2n) is 14.8. The molecule has 0 saturated heterocycles. The first-order chi connectivity index (χ1) is 30.7. The monoisotopic (exact) mass is 946 g/mol. The van der Waals surface area contributed by atoms with Gasteiger partial charge in [0.1, 0.15) is 12.2 Å². The number of ether oxygens (including phenoxy) is 2. The van der Waals surface area contributed by atoms with Crippen LogP contribution in [0.1, 0.15) is 34.5 Å². The highest BCUT2D eigenvalue weighted by molar-refractivity contribution is 8.06. The Morgan fingerprint density at radius 2 is 0.452 bits per heavy atom. The third kappa shape index (κ3) is 7.58. The molecule has 0 bridgehead atoms. The molecular weight excluding hydrogens is 913 g/mol. The predicted octanol–water partition coefficient (Wildman–Crippen LogP) is 17.1. The van der Waals surface area contributed by atoms with Crippen LogP contribution in [-0.2, 0) is 9.47 Å². The van der Waals surface area contributed by atoms with Gasteiger partial charge in [-0.3, -0.25) is 0 Å². The first-order valence-corrected chi connectivity index (χ1v) is 26.8. The summed E-state index contributed by atoms with van der Waals surface area (Å²) < 4.78 is 14.5. The van der Waals surface area contributed by atoms with Gasteiger partial charge in [0.25, 0.3) is 0 Å². The summed E-state index contributed by atoms with van der Waals surface area (Å²) in [7, 11) is 0. The lowest BCUT2D eigenvalue weighted by molar-refractivity contribution is -0.00390. The molecule has 0 radical (unpaired) electrons. The maximum atomic E-state index is 7.27. The Hall–Kier alpha value is -3.52. The first kappa shape index (κ1) is 40.0. The fourth-order valence-corrected chi connectivity index (χ4v) is 17.8. The molecule has 4 aliphatic rings. The Morgan fingerprint density at radius 3 is 0.694 bits per heavy atom. The van der Waals surface area contributed by atoms with E-state index in [1.165, 1.54) is 101 Å². The second-order valence-corrected chi connectivity index (χ2v) is 23.3. The van der Waals surface area contributed by atoms with Crippen LogP contribution in [-0.4, -0.2) is 13.2 Å². The fraction of sp³-hybridized carbons (Fsp3) is 0.0769. The molecule has 0 spiro atoms. The molecule has 4 aliphatic heterocycles. The van der Waals surface area contributed by atoms with Crippen LogP contribution < -0.4 is 0 Å². The van der Waals surface area contributed by atoms with Crippen molar-refractivity contribution >= 4 is 94.1 Å². The molecule has 8 aromatic carbocycles. The van der Waals surface area contributed by atoms with Gasteiger partial charge in [0, 0.05) is 101 Å². The van der Waals surface area contributed by atoms with Crippen LogP contribution in [0.5, 0.6) is 0 Å². The van der Waals surface area contributed by atoms with Crippen molar-refractivity contribution < 1.29 is 9.47 Å². The maximum Gasteiger partial charge on any atom is 0.110 e. The Labute approximate surface area is 395 Å². The van der Waals surface area contributed by atoms with Gasteiger partial charge in [-0.1, -0.05) is 191 Å². The summed E-state index contributed by atoms with van der Waals surface area (Å²) in [6.07, 6.45) is -0.612. The summed E-state index contributed by atoms with van der Waals surface area (Å²) in [6, 6.07) is 61.8. The van der Waals surface area contributed by atoms with Crippen LogP contribution in [0, 0.1) is 0 Å². The molecule has 10 heteroatoms. The summed E-state index contributed by atoms with van der Waals surface area (Å²) in [5.41, 5.74) is 4.77. The van der Waals surface area contributed by atoms with Gasteiger partial charge >= 0.3 is 0 Å². The van der Waals surface area contributed by atoms with Crippen LogP contribution >= 0.6 is 94.1 Å². The Morgan fingerprint density at radius 1 is 0.242 bits per heavy atom. The van der Waals surface area contributed by atoms with Gasteiger partial charge < -0.3 is 9.47 Å². The molecule has 12 rings (SSSR count). The zero-order valence-corrected chi connectivity index (χ0v) is 39.3. The van der Waals surface area contributed by atoms with Gasteiger partial charge in [-0.15, -0.1) is 0 Å². The summed E-state index contributed by atoms with van der Waals surface area (Å²) >= 11 is 14.9. The first-order valence-electron chi connectivity index (χ1n) is 20.3. The fourth-order valence-electron chi connectivity index (χ4n) is 8.13. The zero-order valence-electron chi connectivity index (χ0n) is 32.8. The van der Waals surface area contributed by atoms with Crippen LogP contribution in [0.3, 0.4) is 0 Å². The van der Waals surface area contributed by atoms with E-state index in [1.807, 2.05) is 94.1 Å². The molecule has 4 heterocycles. The number of fused-ring (bicyclic) bond motifs is 8. The van der Waals surface area contributed by atoms with E-state index in [1.54, 1.807) is 0 Å². The van der Waals surface area contributed by atoms with Crippen LogP contribution in [0.4, 0.5) is 0 Å². The van der Waals surface area contributed by atoms with E-state index in [0.717, 1.165) is 0 Å². The summed E-state index contributed by atoms with van der Waals surface area (Å²) in [4.78, 5) is 20.5. The lowest BCUT2D eigenvalue weighted by Crippen LogP contribution is -2.17. The third-order valence-corrected chi connectivity index (χ3v) is 21.5. The molecule has 0 saturated carbocycles. The Kier molecular flexibility index (Phi) is 11.3. The van der Waals surface area contributed by atoms with E-state index in [2.05, 4.69) is 170 Å². The molecule has 2 nitrogen and oxygen atoms in total. The van der Waals surface area contributed by atoms with Crippen LogP contribution in [0.15, 0.2) is 248 Å². The lowest BCUT2D eigenvalue weighted by atomic mass is 10.0. The van der Waals surface area contributed by atoms with Crippen molar-refractivity contribution in [2.24, 2.45) is 0 Å². The van der Waals surface area contributed by atoms with E-state index in [4.69, 9.17) is 9.47 Å². The average molecular weight is 947 g/mol. The van der Waals surface area contributed by atoms with E-state index in [0.29, 0.717) is 13.2 Å². The molecule has 0 unspecified atom stereocenters. The average Bonchev–Trinajstić information content (AvgIpc) is 3.32. The molecule has 0 aromatic heterocycles. The van der Waals surface area contributed by atoms with Crippen molar-refractivity contribution in [2.75, 3.05) is 13.2 Å². The van der Waals surface area contributed by atoms with Crippen LogP contribution in [0.25, 0.3) is 0 Å². The van der Waals surface area contributed by atoms with Crippen molar-refractivity contribution in [1.82, 2.24) is 0 Å². The molecule has 0 amide bonds. The minimum absolute atomic E-state index is 0.306. The zero-order chi connectivity index (χ0) is 41.0. The molecule has 8 aromatic rings. The maximum absolute atomic E-state index is 7.27. The number of benzene rings is 8. The summed E-state index contributed by atoms with van der Waals surface area (Å²) in [5.74, 6) is 0. The third-order valence-electron chi connectivity index (χ3n) is 10.9. The quantitative estimate of drug-likeness (QED) is 0.130. The molecular formula is C52H34O2S8. The summed E-state index contributed by atoms with van der Waals surface area (Å²) in [6.45, 7) is 0.827. The SMILES string of the molecule is c1ccc2c(c1)Sc1cccc(C(OCCOC(c3cccc4c3Sc3ccccc3S4)c3cccc4c3Sc3ccccc3S4)c3cccc4c3Sc3ccccc3S4)c1S2. The Bertz CT molecular complexity index is 2640. The minimum Gasteiger partial charge on any atom is -0.366 e. The normalized spacial score (nSPS) is 14.2. The van der Waals surface area contributed by atoms with Crippen molar-refractivity contribution in [1.29, 1.82) is 0 Å². The lowest BCUT2D eigenvalue weighted by Gasteiger charge is -2.30. The van der Waals surface area contributed by atoms with Crippen molar-refractivity contribution in [3.63, 3.8) is 0 Å². The molecule has 302 valence electrons. The highest BCUT2D eigenvalue weighted by Gasteiger charge is 2.32. The Balaban J connectivity index is 0.910. The van der Waals surface area contributed by atoms with Gasteiger partial charge in [-0.2, -0.15) is 0 Å². The van der Waals surface area contributed by atoms with Crippen molar-refractivity contribution in [3.8, 4) is 0 Å². The van der Waals surface area contributed by atoms with Gasteiger partial charge in [0.2, 0.25) is 0 Å². The van der Waals surface area contributed by atoms with E-state index in [-0.39, 0.29) is 12.2 Å². The topological polar surface area (TPSA) is 18.5 Å². The van der Waals surface area contributed by atoms with E-state index >= 15 is 0 Å². The van der Waals surface area contributed by atoms with E-state index < -0.39 is 0 Å². The van der Waals surface area contributed by atoms with Gasteiger partial charge in [-0.05, 0) is 72.8 Å². The van der Waals surface area contributed by atoms with Crippen molar-refractivity contribution in [3.05, 3.63) is 192 Å². The predicted molar refractivity (Wildman–Crippen MR) is 260 cm³/mol. The highest BCUT2D eigenvalue weighted by Crippen LogP contribution is 2.57. The number of hydrogen-bond donors (Lipinski definition) is 0. The molecule has 0 atom stereocenters. The smallest absolute Gasteiger partial charge is 0.110 e. The largest absolute Gasteiger partial charge is 0.366 e. The van der Waals surface area contributed by atoms with Gasteiger partial charge in [0.15, 0.2) is 0 Å². The van der Waals surface area contributed by atoms with Gasteiger partial charge in [-0.25, -0.2) is 0 Å². The molecule has 0 aliphatic carbocycles. The van der Waals surface area contributed by atoms with Crippen molar-refractivity contribution in [2.45, 2.75) is 90.5 Å². The number of hydrogen-bond acceptors (Lipinski definition) is 10. The van der Waals surface area contributed by atoms with Crippen LogP contribution in [0.2, 0.25) is 0 Å². The second kappa shape index (κ2) is 17.5. The minimum atomic E-state index is -0.306. The molecule has 0 N–H and O–H groups in total. The number of rotatable bonds is 9. The summed E-state index contributed by atoms with van der Waals surface area (Å²) in [5, 5.41) is 0. The van der Waals surface area contributed by atoms with E-state index in [9.17, 15) is 0 Å².